The minimum atomic E-state index is -1.26. The molecule has 0 unspecified atom stereocenters. The SMILES string of the molecule is COCCCOc1cc2c(cc1Cl)-c1cc(=O)c(C(=O)O)cn1[C@H](C)CO2. The van der Waals surface area contributed by atoms with Crippen molar-refractivity contribution in [1.82, 2.24) is 4.57 Å². The molecular weight excluding hydrogens is 374 g/mol. The molecular formula is C19H20ClNO6. The molecule has 0 amide bonds. The van der Waals surface area contributed by atoms with E-state index in [-0.39, 0.29) is 11.6 Å². The van der Waals surface area contributed by atoms with Crippen molar-refractivity contribution in [3.63, 3.8) is 0 Å². The smallest absolute Gasteiger partial charge is 0.341 e. The number of aromatic carboxylic acids is 1. The quantitative estimate of drug-likeness (QED) is 0.758. The van der Waals surface area contributed by atoms with Crippen LogP contribution < -0.4 is 14.9 Å². The Bertz CT molecular complexity index is 923. The standard InChI is InChI=1S/C19H20ClNO6/c1-11-10-27-17-8-18(26-5-3-4-25-2)14(20)6-12(17)15-7-16(22)13(19(23)24)9-21(11)15/h6-9,11H,3-5,10H2,1-2H3,(H,23,24)/t11-/m1/s1. The summed E-state index contributed by atoms with van der Waals surface area (Å²) < 4.78 is 18.3. The van der Waals surface area contributed by atoms with Gasteiger partial charge in [0.2, 0.25) is 0 Å². The molecule has 1 aromatic heterocycles. The number of carbonyl (C=O) groups is 1. The van der Waals surface area contributed by atoms with E-state index in [1.165, 1.54) is 12.3 Å². The summed E-state index contributed by atoms with van der Waals surface area (Å²) in [5.74, 6) is -0.246. The van der Waals surface area contributed by atoms with Crippen molar-refractivity contribution in [3.05, 3.63) is 45.2 Å². The normalized spacial score (nSPS) is 15.3. The lowest BCUT2D eigenvalue weighted by atomic mass is 10.1. The van der Waals surface area contributed by atoms with Crippen molar-refractivity contribution in [2.75, 3.05) is 26.9 Å². The first-order valence-corrected chi connectivity index (χ1v) is 8.88. The van der Waals surface area contributed by atoms with Crippen LogP contribution in [-0.2, 0) is 4.74 Å². The van der Waals surface area contributed by atoms with E-state index in [0.717, 1.165) is 6.42 Å². The molecule has 1 atom stereocenters. The van der Waals surface area contributed by atoms with Crippen LogP contribution in [0, 0.1) is 0 Å². The van der Waals surface area contributed by atoms with E-state index in [2.05, 4.69) is 0 Å². The second kappa shape index (κ2) is 8.02. The molecule has 1 aliphatic heterocycles. The van der Waals surface area contributed by atoms with Gasteiger partial charge < -0.3 is 23.9 Å². The lowest BCUT2D eigenvalue weighted by molar-refractivity contribution is 0.0694. The Labute approximate surface area is 161 Å². The van der Waals surface area contributed by atoms with Crippen molar-refractivity contribution in [1.29, 1.82) is 0 Å². The number of ether oxygens (including phenoxy) is 3. The lowest BCUT2D eigenvalue weighted by Gasteiger charge is -2.17. The summed E-state index contributed by atoms with van der Waals surface area (Å²) in [5.41, 5.74) is 0.323. The molecule has 3 rings (SSSR count). The highest BCUT2D eigenvalue weighted by atomic mass is 35.5. The van der Waals surface area contributed by atoms with Crippen LogP contribution in [0.2, 0.25) is 5.02 Å². The molecule has 0 saturated carbocycles. The number of benzene rings is 1. The van der Waals surface area contributed by atoms with Crippen molar-refractivity contribution in [2.24, 2.45) is 0 Å². The topological polar surface area (TPSA) is 87.0 Å². The van der Waals surface area contributed by atoms with Gasteiger partial charge in [-0.1, -0.05) is 11.6 Å². The summed E-state index contributed by atoms with van der Waals surface area (Å²) in [4.78, 5) is 23.5. The Balaban J connectivity index is 2.04. The van der Waals surface area contributed by atoms with E-state index in [1.807, 2.05) is 6.92 Å². The second-order valence-corrected chi connectivity index (χ2v) is 6.69. The van der Waals surface area contributed by atoms with Crippen LogP contribution >= 0.6 is 11.6 Å². The second-order valence-electron chi connectivity index (χ2n) is 6.28. The van der Waals surface area contributed by atoms with E-state index < -0.39 is 11.4 Å². The van der Waals surface area contributed by atoms with Crippen LogP contribution in [0.3, 0.4) is 0 Å². The summed E-state index contributed by atoms with van der Waals surface area (Å²) in [6.07, 6.45) is 2.07. The van der Waals surface area contributed by atoms with Crippen molar-refractivity contribution >= 4 is 17.6 Å². The minimum absolute atomic E-state index is 0.170. The van der Waals surface area contributed by atoms with Gasteiger partial charge >= 0.3 is 5.97 Å². The van der Waals surface area contributed by atoms with Crippen LogP contribution in [0.5, 0.6) is 11.5 Å². The third-order valence-corrected chi connectivity index (χ3v) is 4.62. The molecule has 2 heterocycles. The third-order valence-electron chi connectivity index (χ3n) is 4.33. The van der Waals surface area contributed by atoms with Gasteiger partial charge in [0.05, 0.1) is 23.4 Å². The zero-order valence-electron chi connectivity index (χ0n) is 15.0. The Hall–Kier alpha value is -2.51. The first-order chi connectivity index (χ1) is 12.9. The first-order valence-electron chi connectivity index (χ1n) is 8.50. The number of halogens is 1. The summed E-state index contributed by atoms with van der Waals surface area (Å²) in [6.45, 7) is 3.22. The highest BCUT2D eigenvalue weighted by Crippen LogP contribution is 2.41. The Kier molecular flexibility index (Phi) is 5.72. The van der Waals surface area contributed by atoms with Gasteiger partial charge in [-0.2, -0.15) is 0 Å². The number of carboxylic acid groups (broad SMARTS) is 1. The van der Waals surface area contributed by atoms with Gasteiger partial charge in [-0.3, -0.25) is 4.79 Å². The molecule has 1 N–H and O–H groups in total. The maximum atomic E-state index is 12.2. The average molecular weight is 394 g/mol. The van der Waals surface area contributed by atoms with Gasteiger partial charge in [-0.15, -0.1) is 0 Å². The van der Waals surface area contributed by atoms with Crippen LogP contribution in [0.4, 0.5) is 0 Å². The summed E-state index contributed by atoms with van der Waals surface area (Å²) in [7, 11) is 1.62. The fraction of sp³-hybridized carbons (Fsp3) is 0.368. The maximum absolute atomic E-state index is 12.2. The molecule has 0 saturated heterocycles. The lowest BCUT2D eigenvalue weighted by Crippen LogP contribution is -2.21. The van der Waals surface area contributed by atoms with Crippen LogP contribution in [0.15, 0.2) is 29.2 Å². The van der Waals surface area contributed by atoms with Gasteiger partial charge in [0.25, 0.3) is 0 Å². The Morgan fingerprint density at radius 3 is 2.85 bits per heavy atom. The molecule has 0 fully saturated rings. The van der Waals surface area contributed by atoms with E-state index >= 15 is 0 Å². The van der Waals surface area contributed by atoms with Gasteiger partial charge in [-0.05, 0) is 13.0 Å². The summed E-state index contributed by atoms with van der Waals surface area (Å²) in [5, 5.41) is 9.61. The molecule has 0 radical (unpaired) electrons. The Morgan fingerprint density at radius 2 is 2.15 bits per heavy atom. The molecule has 2 aromatic rings. The minimum Gasteiger partial charge on any atom is -0.492 e. The average Bonchev–Trinajstić information content (AvgIpc) is 2.75. The molecule has 1 aliphatic rings. The summed E-state index contributed by atoms with van der Waals surface area (Å²) >= 11 is 6.36. The number of nitrogens with zero attached hydrogens (tertiary/aromatic N) is 1. The number of hydrogen-bond acceptors (Lipinski definition) is 5. The molecule has 1 aromatic carbocycles. The predicted octanol–water partition coefficient (Wildman–Crippen LogP) is 3.24. The molecule has 7 nitrogen and oxygen atoms in total. The van der Waals surface area contributed by atoms with E-state index in [0.29, 0.717) is 47.6 Å². The number of hydrogen-bond donors (Lipinski definition) is 1. The first kappa shape index (κ1) is 19.3. The van der Waals surface area contributed by atoms with Crippen LogP contribution in [-0.4, -0.2) is 42.6 Å². The highest BCUT2D eigenvalue weighted by molar-refractivity contribution is 6.32. The molecule has 27 heavy (non-hydrogen) atoms. The Morgan fingerprint density at radius 1 is 1.37 bits per heavy atom. The number of pyridine rings is 1. The van der Waals surface area contributed by atoms with Crippen molar-refractivity contribution in [3.8, 4) is 22.8 Å². The molecule has 8 heteroatoms. The monoisotopic (exact) mass is 393 g/mol. The molecule has 0 spiro atoms. The van der Waals surface area contributed by atoms with E-state index in [9.17, 15) is 14.7 Å². The van der Waals surface area contributed by atoms with Gasteiger partial charge in [0, 0.05) is 44.0 Å². The highest BCUT2D eigenvalue weighted by Gasteiger charge is 2.24. The van der Waals surface area contributed by atoms with Gasteiger partial charge in [0.15, 0.2) is 5.43 Å². The molecule has 144 valence electrons. The zero-order chi connectivity index (χ0) is 19.6. The zero-order valence-corrected chi connectivity index (χ0v) is 15.8. The number of fused-ring (bicyclic) bond motifs is 3. The van der Waals surface area contributed by atoms with Crippen molar-refractivity contribution < 1.29 is 24.1 Å². The number of methoxy groups -OCH3 is 1. The van der Waals surface area contributed by atoms with Gasteiger partial charge in [-0.25, -0.2) is 4.79 Å². The summed E-state index contributed by atoms with van der Waals surface area (Å²) in [6, 6.07) is 4.51. The third kappa shape index (κ3) is 3.94. The van der Waals surface area contributed by atoms with E-state index in [4.69, 9.17) is 25.8 Å². The molecule has 0 bridgehead atoms. The number of carboxylic acids is 1. The van der Waals surface area contributed by atoms with Crippen LogP contribution in [0.1, 0.15) is 29.7 Å². The molecule has 0 aliphatic carbocycles. The van der Waals surface area contributed by atoms with Crippen LogP contribution in [0.25, 0.3) is 11.3 Å². The fourth-order valence-electron chi connectivity index (χ4n) is 2.93. The predicted molar refractivity (Wildman–Crippen MR) is 100 cm³/mol. The van der Waals surface area contributed by atoms with Crippen molar-refractivity contribution in [2.45, 2.75) is 19.4 Å². The fourth-order valence-corrected chi connectivity index (χ4v) is 3.15. The van der Waals surface area contributed by atoms with Gasteiger partial charge in [0.1, 0.15) is 23.7 Å². The van der Waals surface area contributed by atoms with E-state index in [1.54, 1.807) is 23.8 Å². The largest absolute Gasteiger partial charge is 0.492 e. The number of rotatable bonds is 6. The number of aromatic nitrogens is 1. The maximum Gasteiger partial charge on any atom is 0.341 e.